The number of aromatic amines is 1. The van der Waals surface area contributed by atoms with Crippen LogP contribution in [0.2, 0.25) is 0 Å². The first-order chi connectivity index (χ1) is 20.2. The van der Waals surface area contributed by atoms with Crippen LogP contribution in [-0.4, -0.2) is 99.0 Å². The first-order valence-corrected chi connectivity index (χ1v) is 13.9. The van der Waals surface area contributed by atoms with Crippen LogP contribution in [-0.2, 0) is 35.2 Å². The molecule has 5 atom stereocenters. The van der Waals surface area contributed by atoms with Gasteiger partial charge in [0.05, 0.1) is 24.5 Å². The van der Waals surface area contributed by atoms with Gasteiger partial charge in [-0.1, -0.05) is 13.8 Å². The molecule has 0 radical (unpaired) electrons. The van der Waals surface area contributed by atoms with Crippen molar-refractivity contribution in [1.29, 1.82) is 5.41 Å². The predicted octanol–water partition coefficient (Wildman–Crippen LogP) is -3.97. The van der Waals surface area contributed by atoms with Crippen LogP contribution in [0.15, 0.2) is 12.5 Å². The van der Waals surface area contributed by atoms with Gasteiger partial charge in [-0.25, -0.2) is 9.78 Å². The van der Waals surface area contributed by atoms with Gasteiger partial charge >= 0.3 is 5.97 Å². The Kier molecular flexibility index (Phi) is 15.5. The molecule has 0 spiro atoms. The molecule has 0 aliphatic heterocycles. The van der Waals surface area contributed by atoms with E-state index in [9.17, 15) is 33.9 Å². The van der Waals surface area contributed by atoms with E-state index in [1.165, 1.54) is 6.33 Å². The number of aliphatic carboxylic acids is 1. The van der Waals surface area contributed by atoms with Crippen molar-refractivity contribution < 1.29 is 33.9 Å². The summed E-state index contributed by atoms with van der Waals surface area (Å²) in [5, 5.41) is 28.9. The number of carboxylic acid groups (broad SMARTS) is 1. The van der Waals surface area contributed by atoms with Gasteiger partial charge in [-0.15, -0.1) is 0 Å². The summed E-state index contributed by atoms with van der Waals surface area (Å²) in [6.07, 6.45) is 2.64. The molecule has 0 aliphatic rings. The van der Waals surface area contributed by atoms with Crippen LogP contribution in [0.3, 0.4) is 0 Å². The number of nitrogens with one attached hydrogen (secondary N) is 7. The molecular formula is C24H41N11O7S. The summed E-state index contributed by atoms with van der Waals surface area (Å²) < 4.78 is 0. The van der Waals surface area contributed by atoms with Crippen molar-refractivity contribution in [2.24, 2.45) is 23.1 Å². The number of hydrogen-bond acceptors (Lipinski definition) is 10. The van der Waals surface area contributed by atoms with Crippen molar-refractivity contribution in [3.63, 3.8) is 0 Å². The number of carbonyl (C=O) groups excluding carboxylic acids is 5. The molecule has 14 N–H and O–H groups in total. The quantitative estimate of drug-likeness (QED) is 0.0304. The predicted molar refractivity (Wildman–Crippen MR) is 157 cm³/mol. The largest absolute Gasteiger partial charge is 0.480 e. The molecular weight excluding hydrogens is 586 g/mol. The Hall–Kier alpha value is -4.39. The highest BCUT2D eigenvalue weighted by molar-refractivity contribution is 7.80. The second-order valence-corrected chi connectivity index (χ2v) is 10.3. The average Bonchev–Trinajstić information content (AvgIpc) is 3.43. The van der Waals surface area contributed by atoms with Gasteiger partial charge in [-0.3, -0.25) is 29.4 Å². The average molecular weight is 628 g/mol. The van der Waals surface area contributed by atoms with Gasteiger partial charge in [0.1, 0.15) is 24.2 Å². The topological polar surface area (TPSA) is 313 Å². The van der Waals surface area contributed by atoms with E-state index in [4.69, 9.17) is 22.6 Å². The van der Waals surface area contributed by atoms with E-state index in [0.29, 0.717) is 5.69 Å². The molecule has 1 heterocycles. The molecule has 0 unspecified atom stereocenters. The highest BCUT2D eigenvalue weighted by Crippen LogP contribution is 2.07. The summed E-state index contributed by atoms with van der Waals surface area (Å²) in [5.74, 6) is -6.45. The fraction of sp³-hybridized carbons (Fsp3) is 0.583. The summed E-state index contributed by atoms with van der Waals surface area (Å²) in [6.45, 7) is 3.43. The maximum Gasteiger partial charge on any atom is 0.326 e. The molecule has 240 valence electrons. The number of rotatable bonds is 19. The van der Waals surface area contributed by atoms with Crippen LogP contribution in [0.4, 0.5) is 0 Å². The Bertz CT molecular complexity index is 1130. The van der Waals surface area contributed by atoms with Gasteiger partial charge < -0.3 is 53.9 Å². The monoisotopic (exact) mass is 627 g/mol. The summed E-state index contributed by atoms with van der Waals surface area (Å²) in [6, 6.07) is -6.29. The molecule has 0 saturated carbocycles. The third-order valence-corrected chi connectivity index (χ3v) is 6.39. The standard InChI is InChI=1S/C24H41N11O7S/c1-11(2)18(35-21(39)16(9-43)34-19(37)13(25)6-12-8-29-10-31-12)22(40)32-14(4-3-5-30-24(27)28)20(38)33-15(23(41)42)7-17(26)36/h8,10-11,13-16,18,43H,3-7,9,25H2,1-2H3,(H2,26,36)(H,29,31)(H,32,40)(H,33,38)(H,34,37)(H,35,39)(H,41,42)(H4,27,28,30)/t13-,14-,15-,16-,18-/m0/s1. The number of primary amides is 1. The van der Waals surface area contributed by atoms with Crippen molar-refractivity contribution in [1.82, 2.24) is 36.6 Å². The lowest BCUT2D eigenvalue weighted by Crippen LogP contribution is -2.60. The van der Waals surface area contributed by atoms with Crippen molar-refractivity contribution in [2.75, 3.05) is 12.3 Å². The number of carboxylic acids is 1. The molecule has 0 aromatic carbocycles. The van der Waals surface area contributed by atoms with Crippen LogP contribution in [0.25, 0.3) is 0 Å². The lowest BCUT2D eigenvalue weighted by molar-refractivity contribution is -0.143. The summed E-state index contributed by atoms with van der Waals surface area (Å²) >= 11 is 4.13. The zero-order valence-electron chi connectivity index (χ0n) is 23.9. The molecule has 0 fully saturated rings. The summed E-state index contributed by atoms with van der Waals surface area (Å²) in [7, 11) is 0. The molecule has 0 bridgehead atoms. The van der Waals surface area contributed by atoms with Crippen molar-refractivity contribution in [3.8, 4) is 0 Å². The van der Waals surface area contributed by atoms with Crippen LogP contribution < -0.4 is 43.8 Å². The van der Waals surface area contributed by atoms with Crippen LogP contribution in [0, 0.1) is 11.3 Å². The van der Waals surface area contributed by atoms with Crippen molar-refractivity contribution >= 4 is 54.1 Å². The van der Waals surface area contributed by atoms with E-state index in [2.05, 4.69) is 49.2 Å². The number of nitrogens with zero attached hydrogens (tertiary/aromatic N) is 1. The van der Waals surface area contributed by atoms with Gasteiger partial charge in [-0.05, 0) is 18.8 Å². The minimum absolute atomic E-state index is 0.0251. The molecule has 1 rings (SSSR count). The zero-order valence-corrected chi connectivity index (χ0v) is 24.8. The van der Waals surface area contributed by atoms with Gasteiger partial charge in [0.2, 0.25) is 29.5 Å². The van der Waals surface area contributed by atoms with E-state index >= 15 is 0 Å². The second-order valence-electron chi connectivity index (χ2n) is 9.96. The number of thiol groups is 1. The Morgan fingerprint density at radius 2 is 1.58 bits per heavy atom. The lowest BCUT2D eigenvalue weighted by Gasteiger charge is -2.27. The van der Waals surface area contributed by atoms with Crippen LogP contribution in [0.5, 0.6) is 0 Å². The molecule has 18 nitrogen and oxygen atoms in total. The first-order valence-electron chi connectivity index (χ1n) is 13.3. The third-order valence-electron chi connectivity index (χ3n) is 6.02. The highest BCUT2D eigenvalue weighted by Gasteiger charge is 2.33. The highest BCUT2D eigenvalue weighted by atomic mass is 32.1. The molecule has 19 heteroatoms. The maximum absolute atomic E-state index is 13.3. The van der Waals surface area contributed by atoms with Gasteiger partial charge in [0, 0.05) is 24.9 Å². The SMILES string of the molecule is CC(C)[C@H](NC(=O)[C@H](CS)NC(=O)[C@@H](N)Cc1c[nH]cn1)C(=O)N[C@@H](CCCNC(=N)N)C(=O)N[C@@H](CC(N)=O)C(=O)O. The number of amides is 5. The van der Waals surface area contributed by atoms with Crippen molar-refractivity contribution in [2.45, 2.75) is 69.7 Å². The van der Waals surface area contributed by atoms with Gasteiger partial charge in [0.25, 0.3) is 0 Å². The van der Waals surface area contributed by atoms with Gasteiger partial charge in [0.15, 0.2) is 5.96 Å². The zero-order chi connectivity index (χ0) is 32.7. The molecule has 43 heavy (non-hydrogen) atoms. The lowest BCUT2D eigenvalue weighted by atomic mass is 10.0. The van der Waals surface area contributed by atoms with Crippen LogP contribution >= 0.6 is 12.6 Å². The van der Waals surface area contributed by atoms with E-state index < -0.39 is 78.1 Å². The number of H-pyrrole nitrogens is 1. The summed E-state index contributed by atoms with van der Waals surface area (Å²) in [5.41, 5.74) is 16.8. The van der Waals surface area contributed by atoms with Crippen LogP contribution in [0.1, 0.15) is 38.8 Å². The fourth-order valence-corrected chi connectivity index (χ4v) is 3.97. The Morgan fingerprint density at radius 1 is 0.977 bits per heavy atom. The first kappa shape index (κ1) is 36.6. The molecule has 1 aromatic rings. The second kappa shape index (κ2) is 18.2. The minimum Gasteiger partial charge on any atom is -0.480 e. The number of hydrogen-bond donors (Lipinski definition) is 12. The number of guanidine groups is 1. The fourth-order valence-electron chi connectivity index (χ4n) is 3.72. The number of nitrogens with two attached hydrogens (primary N) is 3. The summed E-state index contributed by atoms with van der Waals surface area (Å²) in [4.78, 5) is 81.4. The van der Waals surface area contributed by atoms with E-state index in [1.807, 2.05) is 0 Å². The maximum atomic E-state index is 13.3. The minimum atomic E-state index is -1.64. The number of aromatic nitrogens is 2. The van der Waals surface area contributed by atoms with E-state index in [0.717, 1.165) is 0 Å². The molecule has 0 saturated heterocycles. The molecule has 0 aliphatic carbocycles. The number of imidazole rings is 1. The Morgan fingerprint density at radius 3 is 2.09 bits per heavy atom. The smallest absolute Gasteiger partial charge is 0.326 e. The third kappa shape index (κ3) is 13.4. The van der Waals surface area contributed by atoms with Crippen molar-refractivity contribution in [3.05, 3.63) is 18.2 Å². The normalized spacial score (nSPS) is 14.3. The van der Waals surface area contributed by atoms with E-state index in [1.54, 1.807) is 20.0 Å². The Balaban J connectivity index is 2.99. The Labute approximate surface area is 253 Å². The number of carbonyl (C=O) groups is 6. The van der Waals surface area contributed by atoms with Gasteiger partial charge in [-0.2, -0.15) is 12.6 Å². The van der Waals surface area contributed by atoms with E-state index in [-0.39, 0.29) is 37.5 Å². The molecule has 5 amide bonds. The molecule has 1 aromatic heterocycles.